The molecule has 1 rings (SSSR count). The molecule has 92 valence electrons. The Hall–Kier alpha value is -1.76. The molecular weight excluding hydrogens is 242 g/mol. The maximum absolute atomic E-state index is 11.6. The normalized spacial score (nSPS) is 9.94. The number of nitrogens with zero attached hydrogens (tertiary/aromatic N) is 1. The summed E-state index contributed by atoms with van der Waals surface area (Å²) in [7, 11) is 0. The molecule has 0 heterocycles. The van der Waals surface area contributed by atoms with Gasteiger partial charge in [-0.05, 0) is 18.4 Å². The quantitative estimate of drug-likeness (QED) is 0.357. The molecule has 1 amide bonds. The van der Waals surface area contributed by atoms with Gasteiger partial charge in [0.2, 0.25) is 0 Å². The second kappa shape index (κ2) is 6.09. The number of carbonyl (C=O) groups is 1. The number of carbonyl (C=O) groups excluding carboxylic acids is 1. The van der Waals surface area contributed by atoms with Crippen molar-refractivity contribution in [3.8, 4) is 0 Å². The number of benzene rings is 1. The standard InChI is InChI=1S/C10H13N3O3S/c1-17-5-4-12-10(14)7-2-3-9(13(15)16)8(11)6-7/h2-3,6H,4-5,11H2,1H3,(H,12,14). The number of thioether (sulfide) groups is 1. The number of anilines is 1. The van der Waals surface area contributed by atoms with Crippen molar-refractivity contribution < 1.29 is 9.72 Å². The molecular formula is C10H13N3O3S. The van der Waals surface area contributed by atoms with Gasteiger partial charge < -0.3 is 11.1 Å². The third-order valence-electron chi connectivity index (χ3n) is 2.08. The van der Waals surface area contributed by atoms with Crippen LogP contribution in [0.1, 0.15) is 10.4 Å². The van der Waals surface area contributed by atoms with E-state index in [1.807, 2.05) is 6.26 Å². The van der Waals surface area contributed by atoms with E-state index in [1.165, 1.54) is 18.2 Å². The molecule has 0 saturated heterocycles. The minimum Gasteiger partial charge on any atom is -0.393 e. The topological polar surface area (TPSA) is 98.3 Å². The van der Waals surface area contributed by atoms with Crippen molar-refractivity contribution in [2.75, 3.05) is 24.3 Å². The number of nitro benzene ring substituents is 1. The van der Waals surface area contributed by atoms with Crippen LogP contribution in [0.25, 0.3) is 0 Å². The van der Waals surface area contributed by atoms with Gasteiger partial charge in [0.15, 0.2) is 0 Å². The molecule has 0 aliphatic carbocycles. The molecule has 3 N–H and O–H groups in total. The van der Waals surface area contributed by atoms with E-state index < -0.39 is 4.92 Å². The summed E-state index contributed by atoms with van der Waals surface area (Å²) in [6.07, 6.45) is 1.94. The number of nitrogens with one attached hydrogen (secondary N) is 1. The van der Waals surface area contributed by atoms with Gasteiger partial charge in [-0.3, -0.25) is 14.9 Å². The number of hydrogen-bond acceptors (Lipinski definition) is 5. The van der Waals surface area contributed by atoms with Gasteiger partial charge in [-0.15, -0.1) is 0 Å². The van der Waals surface area contributed by atoms with Gasteiger partial charge in [0.1, 0.15) is 5.69 Å². The van der Waals surface area contributed by atoms with Gasteiger partial charge in [-0.25, -0.2) is 0 Å². The monoisotopic (exact) mass is 255 g/mol. The summed E-state index contributed by atoms with van der Waals surface area (Å²) in [5.74, 6) is 0.537. The molecule has 0 radical (unpaired) electrons. The van der Waals surface area contributed by atoms with Crippen molar-refractivity contribution in [3.63, 3.8) is 0 Å². The summed E-state index contributed by atoms with van der Waals surface area (Å²) >= 11 is 1.62. The average molecular weight is 255 g/mol. The summed E-state index contributed by atoms with van der Waals surface area (Å²) in [5.41, 5.74) is 5.62. The van der Waals surface area contributed by atoms with E-state index in [0.29, 0.717) is 12.1 Å². The fourth-order valence-corrected chi connectivity index (χ4v) is 1.54. The molecule has 0 aromatic heterocycles. The van der Waals surface area contributed by atoms with Gasteiger partial charge in [0.25, 0.3) is 11.6 Å². The van der Waals surface area contributed by atoms with Gasteiger partial charge in [0.05, 0.1) is 4.92 Å². The Balaban J connectivity index is 2.76. The molecule has 17 heavy (non-hydrogen) atoms. The van der Waals surface area contributed by atoms with Crippen LogP contribution in [0.3, 0.4) is 0 Å². The summed E-state index contributed by atoms with van der Waals surface area (Å²) < 4.78 is 0. The Bertz CT molecular complexity index is 437. The molecule has 0 saturated carbocycles. The average Bonchev–Trinajstić information content (AvgIpc) is 2.28. The first kappa shape index (κ1) is 13.3. The Morgan fingerprint density at radius 3 is 2.82 bits per heavy atom. The van der Waals surface area contributed by atoms with Crippen LogP contribution in [0.15, 0.2) is 18.2 Å². The predicted octanol–water partition coefficient (Wildman–Crippen LogP) is 1.27. The lowest BCUT2D eigenvalue weighted by atomic mass is 10.1. The van der Waals surface area contributed by atoms with Gasteiger partial charge in [-0.2, -0.15) is 11.8 Å². The van der Waals surface area contributed by atoms with Crippen molar-refractivity contribution >= 4 is 29.0 Å². The number of nitro groups is 1. The van der Waals surface area contributed by atoms with Crippen molar-refractivity contribution in [2.45, 2.75) is 0 Å². The largest absolute Gasteiger partial charge is 0.393 e. The minimum atomic E-state index is -0.579. The number of rotatable bonds is 5. The van der Waals surface area contributed by atoms with E-state index in [2.05, 4.69) is 5.32 Å². The fraction of sp³-hybridized carbons (Fsp3) is 0.300. The van der Waals surface area contributed by atoms with Crippen LogP contribution in [0.2, 0.25) is 0 Å². The third-order valence-corrected chi connectivity index (χ3v) is 2.69. The Kier molecular flexibility index (Phi) is 4.77. The molecule has 1 aromatic rings. The highest BCUT2D eigenvalue weighted by atomic mass is 32.2. The zero-order valence-corrected chi connectivity index (χ0v) is 10.1. The molecule has 0 atom stereocenters. The molecule has 0 unspecified atom stereocenters. The van der Waals surface area contributed by atoms with Crippen molar-refractivity contribution in [1.29, 1.82) is 0 Å². The van der Waals surface area contributed by atoms with Crippen LogP contribution in [0.4, 0.5) is 11.4 Å². The van der Waals surface area contributed by atoms with Crippen molar-refractivity contribution in [1.82, 2.24) is 5.32 Å². The maximum Gasteiger partial charge on any atom is 0.292 e. The van der Waals surface area contributed by atoms with E-state index in [1.54, 1.807) is 11.8 Å². The second-order valence-corrected chi connectivity index (χ2v) is 4.27. The Labute approximate surface area is 103 Å². The number of nitrogen functional groups attached to an aromatic ring is 1. The summed E-state index contributed by atoms with van der Waals surface area (Å²) in [5, 5.41) is 13.2. The highest BCUT2D eigenvalue weighted by Gasteiger charge is 2.13. The molecule has 7 heteroatoms. The van der Waals surface area contributed by atoms with Crippen LogP contribution < -0.4 is 11.1 Å². The zero-order valence-electron chi connectivity index (χ0n) is 9.30. The van der Waals surface area contributed by atoms with E-state index in [9.17, 15) is 14.9 Å². The van der Waals surface area contributed by atoms with E-state index in [-0.39, 0.29) is 17.3 Å². The number of amides is 1. The van der Waals surface area contributed by atoms with E-state index in [0.717, 1.165) is 5.75 Å². The molecule has 6 nitrogen and oxygen atoms in total. The van der Waals surface area contributed by atoms with E-state index >= 15 is 0 Å². The minimum absolute atomic E-state index is 0.00693. The molecule has 0 aliphatic rings. The lowest BCUT2D eigenvalue weighted by molar-refractivity contribution is -0.383. The summed E-state index contributed by atoms with van der Waals surface area (Å²) in [6, 6.07) is 3.94. The number of hydrogen-bond donors (Lipinski definition) is 2. The predicted molar refractivity (Wildman–Crippen MR) is 68.2 cm³/mol. The second-order valence-electron chi connectivity index (χ2n) is 3.28. The van der Waals surface area contributed by atoms with Crippen LogP contribution in [0.5, 0.6) is 0 Å². The lowest BCUT2D eigenvalue weighted by Gasteiger charge is -2.05. The Morgan fingerprint density at radius 2 is 2.29 bits per heavy atom. The molecule has 0 fully saturated rings. The SMILES string of the molecule is CSCCNC(=O)c1ccc([N+](=O)[O-])c(N)c1. The zero-order chi connectivity index (χ0) is 12.8. The van der Waals surface area contributed by atoms with Crippen LogP contribution in [0, 0.1) is 10.1 Å². The van der Waals surface area contributed by atoms with Gasteiger partial charge in [-0.1, -0.05) is 0 Å². The molecule has 0 bridgehead atoms. The molecule has 0 aliphatic heterocycles. The first-order chi connectivity index (χ1) is 8.06. The molecule has 0 spiro atoms. The van der Waals surface area contributed by atoms with Crippen LogP contribution in [-0.4, -0.2) is 29.4 Å². The maximum atomic E-state index is 11.6. The highest BCUT2D eigenvalue weighted by Crippen LogP contribution is 2.21. The lowest BCUT2D eigenvalue weighted by Crippen LogP contribution is -2.25. The Morgan fingerprint density at radius 1 is 1.59 bits per heavy atom. The van der Waals surface area contributed by atoms with Crippen molar-refractivity contribution in [2.24, 2.45) is 0 Å². The van der Waals surface area contributed by atoms with Crippen molar-refractivity contribution in [3.05, 3.63) is 33.9 Å². The van der Waals surface area contributed by atoms with Crippen LogP contribution >= 0.6 is 11.8 Å². The smallest absolute Gasteiger partial charge is 0.292 e. The third kappa shape index (κ3) is 3.63. The van der Waals surface area contributed by atoms with Crippen LogP contribution in [-0.2, 0) is 0 Å². The fourth-order valence-electron chi connectivity index (χ4n) is 1.23. The molecule has 1 aromatic carbocycles. The number of nitrogens with two attached hydrogens (primary N) is 1. The summed E-state index contributed by atoms with van der Waals surface area (Å²) in [6.45, 7) is 0.552. The summed E-state index contributed by atoms with van der Waals surface area (Å²) in [4.78, 5) is 21.6. The van der Waals surface area contributed by atoms with Gasteiger partial charge >= 0.3 is 0 Å². The van der Waals surface area contributed by atoms with E-state index in [4.69, 9.17) is 5.73 Å². The highest BCUT2D eigenvalue weighted by molar-refractivity contribution is 7.98. The first-order valence-corrected chi connectivity index (χ1v) is 6.26. The van der Waals surface area contributed by atoms with Gasteiger partial charge in [0, 0.05) is 23.9 Å². The first-order valence-electron chi connectivity index (χ1n) is 4.87.